The summed E-state index contributed by atoms with van der Waals surface area (Å²) >= 11 is 0. The smallest absolute Gasteiger partial charge is 0.284 e. The van der Waals surface area contributed by atoms with Crippen LogP contribution in [0, 0.1) is 11.3 Å². The zero-order chi connectivity index (χ0) is 25.0. The number of nitrogens with two attached hydrogens (primary N) is 1. The number of carbonyl (C=O) groups is 2. The molecule has 11 heteroatoms. The van der Waals surface area contributed by atoms with Crippen LogP contribution in [0.25, 0.3) is 11.4 Å². The fourth-order valence-electron chi connectivity index (χ4n) is 4.25. The molecule has 2 aromatic rings. The highest BCUT2D eigenvalue weighted by atomic mass is 16.7. The van der Waals surface area contributed by atoms with Crippen LogP contribution in [0.4, 0.5) is 5.82 Å². The van der Waals surface area contributed by atoms with Crippen molar-refractivity contribution < 1.29 is 24.3 Å². The molecule has 1 heterocycles. The van der Waals surface area contributed by atoms with E-state index in [4.69, 9.17) is 15.3 Å². The van der Waals surface area contributed by atoms with E-state index in [0.29, 0.717) is 36.8 Å². The van der Waals surface area contributed by atoms with Crippen LogP contribution in [0.3, 0.4) is 0 Å². The van der Waals surface area contributed by atoms with Gasteiger partial charge < -0.3 is 20.9 Å². The highest BCUT2D eigenvalue weighted by molar-refractivity contribution is 6.00. The van der Waals surface area contributed by atoms with Crippen molar-refractivity contribution in [2.75, 3.05) is 12.3 Å². The summed E-state index contributed by atoms with van der Waals surface area (Å²) in [6, 6.07) is 8.72. The van der Waals surface area contributed by atoms with Crippen molar-refractivity contribution in [2.24, 2.45) is 0 Å². The standard InChI is InChI=1S/C24H28N6O5/c1-14(31)27-17-6-7-18(11-17)35-23-19(22(32)30-34-13-24(33)8-3-9-24)20(26)28-21(29-23)16-5-2-4-15(10-16)12-25/h2,4-5,10,17-18,33H,3,6-9,11,13H2,1H3,(H,27,31)(H,30,32)(H2,26,28,29)/t17-,18-/m0/s1. The van der Waals surface area contributed by atoms with Gasteiger partial charge in [0, 0.05) is 24.9 Å². The first-order valence-corrected chi connectivity index (χ1v) is 11.5. The minimum absolute atomic E-state index is 0.0215. The van der Waals surface area contributed by atoms with Gasteiger partial charge in [-0.15, -0.1) is 0 Å². The molecule has 0 saturated heterocycles. The van der Waals surface area contributed by atoms with E-state index in [1.807, 2.05) is 0 Å². The van der Waals surface area contributed by atoms with Crippen LogP contribution in [-0.2, 0) is 9.63 Å². The minimum Gasteiger partial charge on any atom is -0.474 e. The fraction of sp³-hybridized carbons (Fsp3) is 0.458. The SMILES string of the molecule is CC(=O)N[C@H]1CC[C@H](Oc2nc(-c3cccc(C#N)c3)nc(N)c2C(=O)NOCC2(O)CCC2)C1. The average Bonchev–Trinajstić information content (AvgIpc) is 3.23. The quantitative estimate of drug-likeness (QED) is 0.409. The van der Waals surface area contributed by atoms with Crippen LogP contribution in [0.1, 0.15) is 61.4 Å². The van der Waals surface area contributed by atoms with Crippen molar-refractivity contribution in [2.45, 2.75) is 63.2 Å². The van der Waals surface area contributed by atoms with Crippen molar-refractivity contribution in [3.8, 4) is 23.3 Å². The molecule has 2 aliphatic carbocycles. The molecule has 2 atom stereocenters. The van der Waals surface area contributed by atoms with Crippen LogP contribution >= 0.6 is 0 Å². The van der Waals surface area contributed by atoms with Gasteiger partial charge in [0.05, 0.1) is 17.2 Å². The topological polar surface area (TPSA) is 172 Å². The van der Waals surface area contributed by atoms with Gasteiger partial charge in [-0.25, -0.2) is 10.5 Å². The Morgan fingerprint density at radius 1 is 1.31 bits per heavy atom. The van der Waals surface area contributed by atoms with E-state index in [1.165, 1.54) is 6.92 Å². The maximum absolute atomic E-state index is 13.0. The number of aliphatic hydroxyl groups is 1. The van der Waals surface area contributed by atoms with E-state index in [0.717, 1.165) is 12.8 Å². The highest BCUT2D eigenvalue weighted by Gasteiger charge is 2.35. The summed E-state index contributed by atoms with van der Waals surface area (Å²) in [6.45, 7) is 1.42. The van der Waals surface area contributed by atoms with E-state index in [9.17, 15) is 20.0 Å². The van der Waals surface area contributed by atoms with Crippen molar-refractivity contribution in [1.82, 2.24) is 20.8 Å². The molecule has 11 nitrogen and oxygen atoms in total. The summed E-state index contributed by atoms with van der Waals surface area (Å²) < 4.78 is 6.11. The van der Waals surface area contributed by atoms with Gasteiger partial charge in [0.2, 0.25) is 11.8 Å². The van der Waals surface area contributed by atoms with Crippen LogP contribution < -0.4 is 21.3 Å². The van der Waals surface area contributed by atoms with Crippen molar-refractivity contribution in [3.63, 3.8) is 0 Å². The summed E-state index contributed by atoms with van der Waals surface area (Å²) in [5.74, 6) is -0.757. The number of hydrogen-bond donors (Lipinski definition) is 4. The summed E-state index contributed by atoms with van der Waals surface area (Å²) in [6.07, 6.45) is 3.74. The van der Waals surface area contributed by atoms with Crippen molar-refractivity contribution in [1.29, 1.82) is 5.26 Å². The number of nitrogens with zero attached hydrogens (tertiary/aromatic N) is 3. The number of benzene rings is 1. The summed E-state index contributed by atoms with van der Waals surface area (Å²) in [7, 11) is 0. The molecule has 0 spiro atoms. The monoisotopic (exact) mass is 480 g/mol. The van der Waals surface area contributed by atoms with Crippen LogP contribution in [0.2, 0.25) is 0 Å². The number of nitrogens with one attached hydrogen (secondary N) is 2. The van der Waals surface area contributed by atoms with Crippen molar-refractivity contribution >= 4 is 17.6 Å². The Balaban J connectivity index is 1.59. The Morgan fingerprint density at radius 3 is 2.80 bits per heavy atom. The second-order valence-corrected chi connectivity index (χ2v) is 9.05. The largest absolute Gasteiger partial charge is 0.474 e. The second kappa shape index (κ2) is 10.2. The van der Waals surface area contributed by atoms with E-state index in [2.05, 4.69) is 26.8 Å². The number of amides is 2. The molecular weight excluding hydrogens is 452 g/mol. The molecule has 184 valence electrons. The van der Waals surface area contributed by atoms with E-state index >= 15 is 0 Å². The van der Waals surface area contributed by atoms with Crippen molar-refractivity contribution in [3.05, 3.63) is 35.4 Å². The Bertz CT molecular complexity index is 1160. The Kier molecular flexibility index (Phi) is 7.14. The molecule has 2 fully saturated rings. The number of anilines is 1. The third kappa shape index (κ3) is 5.85. The van der Waals surface area contributed by atoms with Crippen LogP contribution in [-0.4, -0.2) is 51.2 Å². The molecule has 2 saturated carbocycles. The molecule has 0 unspecified atom stereocenters. The van der Waals surface area contributed by atoms with Gasteiger partial charge in [-0.2, -0.15) is 10.2 Å². The normalized spacial score (nSPS) is 20.4. The lowest BCUT2D eigenvalue weighted by Gasteiger charge is -2.35. The van der Waals surface area contributed by atoms with Crippen LogP contribution in [0.15, 0.2) is 24.3 Å². The lowest BCUT2D eigenvalue weighted by Crippen LogP contribution is -2.44. The molecule has 4 rings (SSSR count). The molecule has 0 bridgehead atoms. The van der Waals surface area contributed by atoms with Gasteiger partial charge in [-0.05, 0) is 44.2 Å². The summed E-state index contributed by atoms with van der Waals surface area (Å²) in [5, 5.41) is 22.3. The number of nitriles is 1. The van der Waals surface area contributed by atoms with Gasteiger partial charge in [0.1, 0.15) is 24.1 Å². The number of aromatic nitrogens is 2. The molecule has 0 aliphatic heterocycles. The molecule has 2 amide bonds. The Labute approximate surface area is 202 Å². The van der Waals surface area contributed by atoms with Crippen LogP contribution in [0.5, 0.6) is 5.88 Å². The highest BCUT2D eigenvalue weighted by Crippen LogP contribution is 2.32. The van der Waals surface area contributed by atoms with Gasteiger partial charge in [-0.3, -0.25) is 14.4 Å². The molecule has 35 heavy (non-hydrogen) atoms. The third-order valence-electron chi connectivity index (χ3n) is 6.24. The van der Waals surface area contributed by atoms with Gasteiger partial charge in [-0.1, -0.05) is 12.1 Å². The molecule has 1 aromatic heterocycles. The Morgan fingerprint density at radius 2 is 2.11 bits per heavy atom. The van der Waals surface area contributed by atoms with Gasteiger partial charge in [0.15, 0.2) is 5.82 Å². The first-order valence-electron chi connectivity index (χ1n) is 11.5. The van der Waals surface area contributed by atoms with Gasteiger partial charge >= 0.3 is 0 Å². The van der Waals surface area contributed by atoms with E-state index in [-0.39, 0.29) is 47.7 Å². The first-order chi connectivity index (χ1) is 16.8. The maximum atomic E-state index is 13.0. The lowest BCUT2D eigenvalue weighted by atomic mass is 9.81. The second-order valence-electron chi connectivity index (χ2n) is 9.05. The number of hydrogen-bond acceptors (Lipinski definition) is 9. The zero-order valence-electron chi connectivity index (χ0n) is 19.4. The fourth-order valence-corrected chi connectivity index (χ4v) is 4.25. The molecule has 2 aliphatic rings. The summed E-state index contributed by atoms with van der Waals surface area (Å²) in [5.41, 5.74) is 8.41. The van der Waals surface area contributed by atoms with E-state index < -0.39 is 11.5 Å². The number of carbonyl (C=O) groups excluding carboxylic acids is 2. The van der Waals surface area contributed by atoms with E-state index in [1.54, 1.807) is 24.3 Å². The zero-order valence-corrected chi connectivity index (χ0v) is 19.4. The predicted molar refractivity (Wildman–Crippen MR) is 125 cm³/mol. The first kappa shape index (κ1) is 24.4. The average molecular weight is 481 g/mol. The lowest BCUT2D eigenvalue weighted by molar-refractivity contribution is -0.119. The Hall–Kier alpha value is -3.75. The number of ether oxygens (including phenoxy) is 1. The molecule has 5 N–H and O–H groups in total. The molecule has 1 aromatic carbocycles. The molecular formula is C24H28N6O5. The minimum atomic E-state index is -0.938. The number of nitrogen functional groups attached to an aromatic ring is 1. The maximum Gasteiger partial charge on any atom is 0.284 e. The summed E-state index contributed by atoms with van der Waals surface area (Å²) in [4.78, 5) is 38.3. The predicted octanol–water partition coefficient (Wildman–Crippen LogP) is 1.61. The number of hydroxylamine groups is 1. The number of rotatable bonds is 8. The molecule has 0 radical (unpaired) electrons. The third-order valence-corrected chi connectivity index (χ3v) is 6.24. The van der Waals surface area contributed by atoms with Gasteiger partial charge in [0.25, 0.3) is 5.91 Å².